The molecule has 0 bridgehead atoms. The Morgan fingerprint density at radius 3 is 2.33 bits per heavy atom. The fraction of sp³-hybridized carbons (Fsp3) is 0.500. The van der Waals surface area contributed by atoms with Crippen LogP contribution in [0.2, 0.25) is 0 Å². The van der Waals surface area contributed by atoms with Gasteiger partial charge in [-0.15, -0.1) is 0 Å². The van der Waals surface area contributed by atoms with E-state index in [-0.39, 0.29) is 5.82 Å². The van der Waals surface area contributed by atoms with Crippen LogP contribution in [0.3, 0.4) is 0 Å². The molecule has 12 heavy (non-hydrogen) atoms. The highest BCUT2D eigenvalue weighted by molar-refractivity contribution is 5.10. The zero-order valence-electron chi connectivity index (χ0n) is 7.71. The van der Waals surface area contributed by atoms with Gasteiger partial charge in [0.2, 0.25) is 0 Å². The zero-order chi connectivity index (χ0) is 9.14. The molecule has 0 unspecified atom stereocenters. The van der Waals surface area contributed by atoms with Gasteiger partial charge in [-0.05, 0) is 18.1 Å². The van der Waals surface area contributed by atoms with Crippen LogP contribution in [0.5, 0.6) is 0 Å². The first-order chi connectivity index (χ1) is 5.61. The van der Waals surface area contributed by atoms with Crippen molar-refractivity contribution in [1.82, 2.24) is 4.98 Å². The Kier molecular flexibility index (Phi) is 2.79. The average Bonchev–Trinajstić information content (AvgIpc) is 2.04. The summed E-state index contributed by atoms with van der Waals surface area (Å²) in [5, 5.41) is 0. The highest BCUT2D eigenvalue weighted by Crippen LogP contribution is 2.21. The van der Waals surface area contributed by atoms with Crippen LogP contribution in [0.25, 0.3) is 0 Å². The smallest absolute Gasteiger partial charge is 0.141 e. The largest absolute Gasteiger partial charge is 0.258 e. The van der Waals surface area contributed by atoms with Gasteiger partial charge >= 0.3 is 0 Å². The molecule has 0 spiro atoms. The lowest BCUT2D eigenvalue weighted by molar-refractivity contribution is 0.520. The Morgan fingerprint density at radius 2 is 1.92 bits per heavy atom. The molecule has 0 aromatic carbocycles. The van der Waals surface area contributed by atoms with Gasteiger partial charge in [0.15, 0.2) is 0 Å². The standard InChI is InChI=1S/C10H14FN/c1-7(2)8(3)10-5-4-9(11)6-12-10/h4-8H,1-3H3/t8-/m0/s1. The molecular formula is C10H14FN. The third-order valence-corrected chi connectivity index (χ3v) is 2.22. The summed E-state index contributed by atoms with van der Waals surface area (Å²) in [5.74, 6) is 0.670. The Morgan fingerprint density at radius 1 is 1.25 bits per heavy atom. The topological polar surface area (TPSA) is 12.9 Å². The molecule has 0 aliphatic heterocycles. The van der Waals surface area contributed by atoms with E-state index in [4.69, 9.17) is 0 Å². The van der Waals surface area contributed by atoms with Gasteiger partial charge in [-0.2, -0.15) is 0 Å². The van der Waals surface area contributed by atoms with Gasteiger partial charge in [0.1, 0.15) is 5.82 Å². The first kappa shape index (κ1) is 9.17. The van der Waals surface area contributed by atoms with Crippen molar-refractivity contribution in [3.05, 3.63) is 29.8 Å². The first-order valence-corrected chi connectivity index (χ1v) is 4.22. The number of hydrogen-bond acceptors (Lipinski definition) is 1. The second-order valence-electron chi connectivity index (χ2n) is 3.43. The van der Waals surface area contributed by atoms with E-state index >= 15 is 0 Å². The van der Waals surface area contributed by atoms with E-state index in [2.05, 4.69) is 25.8 Å². The molecule has 0 radical (unpaired) electrons. The molecule has 66 valence electrons. The highest BCUT2D eigenvalue weighted by atomic mass is 19.1. The maximum Gasteiger partial charge on any atom is 0.141 e. The predicted molar refractivity (Wildman–Crippen MR) is 47.4 cm³/mol. The van der Waals surface area contributed by atoms with Crippen LogP contribution in [0, 0.1) is 11.7 Å². The number of hydrogen-bond donors (Lipinski definition) is 0. The van der Waals surface area contributed by atoms with Gasteiger partial charge in [0.05, 0.1) is 6.20 Å². The summed E-state index contributed by atoms with van der Waals surface area (Å²) < 4.78 is 12.5. The minimum Gasteiger partial charge on any atom is -0.258 e. The molecule has 0 amide bonds. The number of nitrogens with zero attached hydrogens (tertiary/aromatic N) is 1. The summed E-state index contributed by atoms with van der Waals surface area (Å²) in [5.41, 5.74) is 0.964. The quantitative estimate of drug-likeness (QED) is 0.659. The lowest BCUT2D eigenvalue weighted by Gasteiger charge is -2.13. The number of halogens is 1. The lowest BCUT2D eigenvalue weighted by atomic mass is 9.94. The van der Waals surface area contributed by atoms with Crippen LogP contribution in [0.1, 0.15) is 32.4 Å². The van der Waals surface area contributed by atoms with Gasteiger partial charge in [0.25, 0.3) is 0 Å². The molecule has 0 saturated heterocycles. The Hall–Kier alpha value is -0.920. The number of pyridine rings is 1. The van der Waals surface area contributed by atoms with Crippen molar-refractivity contribution in [2.75, 3.05) is 0 Å². The van der Waals surface area contributed by atoms with Crippen molar-refractivity contribution in [2.24, 2.45) is 5.92 Å². The summed E-state index contributed by atoms with van der Waals surface area (Å²) >= 11 is 0. The predicted octanol–water partition coefficient (Wildman–Crippen LogP) is 2.98. The maximum absolute atomic E-state index is 12.5. The third-order valence-electron chi connectivity index (χ3n) is 2.22. The summed E-state index contributed by atoms with van der Waals surface area (Å²) in [7, 11) is 0. The van der Waals surface area contributed by atoms with Crippen molar-refractivity contribution >= 4 is 0 Å². The molecular weight excluding hydrogens is 153 g/mol. The number of aromatic nitrogens is 1. The van der Waals surface area contributed by atoms with Crippen LogP contribution in [0.4, 0.5) is 4.39 Å². The molecule has 1 rings (SSSR count). The van der Waals surface area contributed by atoms with E-state index in [0.717, 1.165) is 5.69 Å². The van der Waals surface area contributed by atoms with E-state index in [1.54, 1.807) is 6.07 Å². The Labute approximate surface area is 72.6 Å². The lowest BCUT2D eigenvalue weighted by Crippen LogP contribution is -2.04. The summed E-state index contributed by atoms with van der Waals surface area (Å²) in [4.78, 5) is 4.02. The van der Waals surface area contributed by atoms with E-state index in [1.807, 2.05) is 0 Å². The van der Waals surface area contributed by atoms with Gasteiger partial charge < -0.3 is 0 Å². The van der Waals surface area contributed by atoms with E-state index in [0.29, 0.717) is 11.8 Å². The van der Waals surface area contributed by atoms with Crippen LogP contribution in [-0.4, -0.2) is 4.98 Å². The SMILES string of the molecule is CC(C)[C@H](C)c1ccc(F)cn1. The average molecular weight is 167 g/mol. The van der Waals surface area contributed by atoms with Crippen LogP contribution < -0.4 is 0 Å². The van der Waals surface area contributed by atoms with Crippen molar-refractivity contribution in [2.45, 2.75) is 26.7 Å². The minimum absolute atomic E-state index is 0.269. The summed E-state index contributed by atoms with van der Waals surface area (Å²) in [6, 6.07) is 3.21. The Bertz CT molecular complexity index is 241. The van der Waals surface area contributed by atoms with Gasteiger partial charge in [0, 0.05) is 11.6 Å². The zero-order valence-corrected chi connectivity index (χ0v) is 7.71. The van der Waals surface area contributed by atoms with Crippen molar-refractivity contribution in [3.63, 3.8) is 0 Å². The van der Waals surface area contributed by atoms with Crippen LogP contribution in [-0.2, 0) is 0 Å². The summed E-state index contributed by atoms with van der Waals surface area (Å²) in [6.07, 6.45) is 1.27. The Balaban J connectivity index is 2.82. The van der Waals surface area contributed by atoms with Crippen molar-refractivity contribution in [1.29, 1.82) is 0 Å². The fourth-order valence-corrected chi connectivity index (χ4v) is 0.998. The fourth-order valence-electron chi connectivity index (χ4n) is 0.998. The second kappa shape index (κ2) is 3.65. The second-order valence-corrected chi connectivity index (χ2v) is 3.43. The van der Waals surface area contributed by atoms with Crippen molar-refractivity contribution in [3.8, 4) is 0 Å². The first-order valence-electron chi connectivity index (χ1n) is 4.22. The van der Waals surface area contributed by atoms with E-state index in [9.17, 15) is 4.39 Å². The molecule has 1 heterocycles. The van der Waals surface area contributed by atoms with E-state index in [1.165, 1.54) is 12.3 Å². The normalized spacial score (nSPS) is 13.4. The number of rotatable bonds is 2. The molecule has 2 heteroatoms. The van der Waals surface area contributed by atoms with Gasteiger partial charge in [-0.25, -0.2) is 4.39 Å². The third kappa shape index (κ3) is 2.03. The molecule has 1 nitrogen and oxygen atoms in total. The molecule has 1 atom stereocenters. The van der Waals surface area contributed by atoms with E-state index < -0.39 is 0 Å². The molecule has 0 aliphatic rings. The van der Waals surface area contributed by atoms with Crippen molar-refractivity contribution < 1.29 is 4.39 Å². The van der Waals surface area contributed by atoms with Crippen LogP contribution in [0.15, 0.2) is 18.3 Å². The molecule has 0 N–H and O–H groups in total. The van der Waals surface area contributed by atoms with Gasteiger partial charge in [-0.3, -0.25) is 4.98 Å². The molecule has 0 fully saturated rings. The highest BCUT2D eigenvalue weighted by Gasteiger charge is 2.10. The molecule has 0 saturated carbocycles. The molecule has 0 aliphatic carbocycles. The summed E-state index contributed by atoms with van der Waals surface area (Å²) in [6.45, 7) is 6.37. The van der Waals surface area contributed by atoms with Gasteiger partial charge in [-0.1, -0.05) is 20.8 Å². The molecule has 1 aromatic heterocycles. The maximum atomic E-state index is 12.5. The monoisotopic (exact) mass is 167 g/mol. The molecule has 1 aromatic rings. The van der Waals surface area contributed by atoms with Crippen LogP contribution >= 0.6 is 0 Å². The minimum atomic E-state index is -0.269.